The van der Waals surface area contributed by atoms with Gasteiger partial charge in [-0.3, -0.25) is 19.7 Å². The summed E-state index contributed by atoms with van der Waals surface area (Å²) in [7, 11) is 1.53. The van der Waals surface area contributed by atoms with Crippen molar-refractivity contribution < 1.29 is 19.2 Å². The Morgan fingerprint density at radius 1 is 0.909 bits per heavy atom. The zero-order valence-electron chi connectivity index (χ0n) is 18.3. The van der Waals surface area contributed by atoms with Crippen molar-refractivity contribution in [2.45, 2.75) is 13.8 Å². The SMILES string of the molecule is COc1ccc(N2C(=O)C(Nc3ccc(C)cc3C)=C(c3ccc([N+](=O)[O-])cc3)C2=O)cc1. The van der Waals surface area contributed by atoms with Gasteiger partial charge in [0.15, 0.2) is 0 Å². The van der Waals surface area contributed by atoms with Crippen LogP contribution in [0.4, 0.5) is 17.1 Å². The molecule has 0 fully saturated rings. The first-order valence-corrected chi connectivity index (χ1v) is 10.2. The van der Waals surface area contributed by atoms with Gasteiger partial charge in [-0.25, -0.2) is 4.90 Å². The first-order chi connectivity index (χ1) is 15.8. The molecule has 0 aromatic heterocycles. The van der Waals surface area contributed by atoms with Gasteiger partial charge in [0.2, 0.25) is 0 Å². The van der Waals surface area contributed by atoms with E-state index in [0.717, 1.165) is 16.0 Å². The number of nitro groups is 1. The van der Waals surface area contributed by atoms with E-state index in [1.807, 2.05) is 32.0 Å². The molecule has 0 radical (unpaired) electrons. The van der Waals surface area contributed by atoms with Crippen LogP contribution in [-0.4, -0.2) is 23.8 Å². The molecule has 0 bridgehead atoms. The van der Waals surface area contributed by atoms with Gasteiger partial charge in [-0.15, -0.1) is 0 Å². The molecule has 1 N–H and O–H groups in total. The number of ether oxygens (including phenoxy) is 1. The van der Waals surface area contributed by atoms with Gasteiger partial charge >= 0.3 is 0 Å². The van der Waals surface area contributed by atoms with Gasteiger partial charge in [0.05, 0.1) is 23.3 Å². The van der Waals surface area contributed by atoms with E-state index in [0.29, 0.717) is 22.7 Å². The van der Waals surface area contributed by atoms with Crippen LogP contribution >= 0.6 is 0 Å². The van der Waals surface area contributed by atoms with E-state index in [1.54, 1.807) is 24.3 Å². The van der Waals surface area contributed by atoms with Crippen molar-refractivity contribution in [3.63, 3.8) is 0 Å². The number of methoxy groups -OCH3 is 1. The molecule has 0 saturated carbocycles. The molecule has 3 aromatic rings. The highest BCUT2D eigenvalue weighted by molar-refractivity contribution is 6.46. The number of imide groups is 1. The maximum Gasteiger partial charge on any atom is 0.282 e. The van der Waals surface area contributed by atoms with Gasteiger partial charge in [-0.1, -0.05) is 17.7 Å². The van der Waals surface area contributed by atoms with Gasteiger partial charge < -0.3 is 10.1 Å². The molecule has 166 valence electrons. The molecular weight excluding hydrogens is 422 g/mol. The highest BCUT2D eigenvalue weighted by Gasteiger charge is 2.40. The van der Waals surface area contributed by atoms with E-state index < -0.39 is 16.7 Å². The normalized spacial score (nSPS) is 13.5. The van der Waals surface area contributed by atoms with Crippen molar-refractivity contribution in [2.75, 3.05) is 17.3 Å². The maximum atomic E-state index is 13.5. The second-order valence-electron chi connectivity index (χ2n) is 7.64. The Balaban J connectivity index is 1.81. The molecule has 0 aliphatic carbocycles. The lowest BCUT2D eigenvalue weighted by atomic mass is 10.0. The van der Waals surface area contributed by atoms with Crippen molar-refractivity contribution in [2.24, 2.45) is 0 Å². The zero-order valence-corrected chi connectivity index (χ0v) is 18.3. The minimum atomic E-state index is -0.522. The van der Waals surface area contributed by atoms with Crippen molar-refractivity contribution >= 4 is 34.4 Å². The van der Waals surface area contributed by atoms with Crippen LogP contribution in [0.15, 0.2) is 72.4 Å². The molecule has 1 heterocycles. The average Bonchev–Trinajstić information content (AvgIpc) is 3.05. The van der Waals surface area contributed by atoms with Gasteiger partial charge in [0.1, 0.15) is 11.4 Å². The number of carbonyl (C=O) groups excluding carboxylic acids is 2. The monoisotopic (exact) mass is 443 g/mol. The highest BCUT2D eigenvalue weighted by atomic mass is 16.6. The fourth-order valence-electron chi connectivity index (χ4n) is 3.72. The van der Waals surface area contributed by atoms with Gasteiger partial charge in [-0.2, -0.15) is 0 Å². The number of hydrogen-bond acceptors (Lipinski definition) is 6. The second kappa shape index (κ2) is 8.58. The topological polar surface area (TPSA) is 102 Å². The summed E-state index contributed by atoms with van der Waals surface area (Å²) in [5.74, 6) is -0.445. The van der Waals surface area contributed by atoms with Crippen molar-refractivity contribution in [3.05, 3.63) is 99.2 Å². The number of hydrogen-bond donors (Lipinski definition) is 1. The second-order valence-corrected chi connectivity index (χ2v) is 7.64. The number of nitrogens with one attached hydrogen (secondary N) is 1. The van der Waals surface area contributed by atoms with E-state index >= 15 is 0 Å². The summed E-state index contributed by atoms with van der Waals surface area (Å²) in [6, 6.07) is 17.9. The van der Waals surface area contributed by atoms with E-state index in [-0.39, 0.29) is 17.0 Å². The Morgan fingerprint density at radius 2 is 1.58 bits per heavy atom. The largest absolute Gasteiger partial charge is 0.497 e. The van der Waals surface area contributed by atoms with Crippen molar-refractivity contribution in [1.29, 1.82) is 0 Å². The lowest BCUT2D eigenvalue weighted by Gasteiger charge is -2.16. The molecule has 0 saturated heterocycles. The van der Waals surface area contributed by atoms with Gasteiger partial charge in [-0.05, 0) is 67.4 Å². The summed E-state index contributed by atoms with van der Waals surface area (Å²) in [6.07, 6.45) is 0. The van der Waals surface area contributed by atoms with Gasteiger partial charge in [0, 0.05) is 17.8 Å². The Hall–Kier alpha value is -4.46. The molecule has 0 spiro atoms. The van der Waals surface area contributed by atoms with Crippen LogP contribution < -0.4 is 15.0 Å². The van der Waals surface area contributed by atoms with E-state index in [1.165, 1.54) is 31.4 Å². The van der Waals surface area contributed by atoms with E-state index in [9.17, 15) is 19.7 Å². The summed E-state index contributed by atoms with van der Waals surface area (Å²) in [5.41, 5.74) is 3.61. The van der Waals surface area contributed by atoms with E-state index in [4.69, 9.17) is 4.74 Å². The number of nitro benzene ring substituents is 1. The number of carbonyl (C=O) groups is 2. The molecule has 1 aliphatic heterocycles. The number of rotatable bonds is 6. The molecule has 2 amide bonds. The Morgan fingerprint density at radius 3 is 2.15 bits per heavy atom. The van der Waals surface area contributed by atoms with Crippen LogP contribution in [0, 0.1) is 24.0 Å². The lowest BCUT2D eigenvalue weighted by molar-refractivity contribution is -0.384. The highest BCUT2D eigenvalue weighted by Crippen LogP contribution is 2.35. The summed E-state index contributed by atoms with van der Waals surface area (Å²) in [4.78, 5) is 38.6. The molecule has 4 rings (SSSR count). The fourth-order valence-corrected chi connectivity index (χ4v) is 3.72. The fraction of sp³-hybridized carbons (Fsp3) is 0.120. The molecule has 0 atom stereocenters. The van der Waals surface area contributed by atoms with E-state index in [2.05, 4.69) is 5.32 Å². The number of anilines is 2. The summed E-state index contributed by atoms with van der Waals surface area (Å²) in [6.45, 7) is 3.87. The molecule has 8 heteroatoms. The molecule has 3 aromatic carbocycles. The number of benzene rings is 3. The zero-order chi connectivity index (χ0) is 23.7. The maximum absolute atomic E-state index is 13.5. The number of aryl methyl sites for hydroxylation is 2. The number of amides is 2. The van der Waals surface area contributed by atoms with Crippen LogP contribution in [0.5, 0.6) is 5.75 Å². The Labute approximate surface area is 190 Å². The first-order valence-electron chi connectivity index (χ1n) is 10.2. The van der Waals surface area contributed by atoms with Crippen LogP contribution in [0.3, 0.4) is 0 Å². The third kappa shape index (κ3) is 4.06. The Bertz CT molecular complexity index is 1290. The standard InChI is InChI=1S/C25H21N3O5/c1-15-4-13-21(16(2)14-15)26-23-22(17-5-7-19(8-6-17)28(31)32)24(29)27(25(23)30)18-9-11-20(33-3)12-10-18/h4-14,26H,1-3H3. The molecule has 33 heavy (non-hydrogen) atoms. The molecule has 0 unspecified atom stereocenters. The Kier molecular flexibility index (Phi) is 5.66. The van der Waals surface area contributed by atoms with Crippen molar-refractivity contribution in [1.82, 2.24) is 0 Å². The van der Waals surface area contributed by atoms with Crippen LogP contribution in [0.25, 0.3) is 5.57 Å². The summed E-state index contributed by atoms with van der Waals surface area (Å²) in [5, 5.41) is 14.2. The minimum Gasteiger partial charge on any atom is -0.497 e. The number of non-ortho nitro benzene ring substituents is 1. The molecule has 1 aliphatic rings. The molecule has 8 nitrogen and oxygen atoms in total. The summed E-state index contributed by atoms with van der Waals surface area (Å²) >= 11 is 0. The third-order valence-electron chi connectivity index (χ3n) is 5.42. The smallest absolute Gasteiger partial charge is 0.282 e. The first kappa shape index (κ1) is 21.8. The number of nitrogens with zero attached hydrogens (tertiary/aromatic N) is 2. The average molecular weight is 443 g/mol. The van der Waals surface area contributed by atoms with Gasteiger partial charge in [0.25, 0.3) is 17.5 Å². The van der Waals surface area contributed by atoms with Crippen LogP contribution in [-0.2, 0) is 9.59 Å². The van der Waals surface area contributed by atoms with Crippen LogP contribution in [0.1, 0.15) is 16.7 Å². The van der Waals surface area contributed by atoms with Crippen LogP contribution in [0.2, 0.25) is 0 Å². The lowest BCUT2D eigenvalue weighted by Crippen LogP contribution is -2.32. The summed E-state index contributed by atoms with van der Waals surface area (Å²) < 4.78 is 5.16. The quantitative estimate of drug-likeness (QED) is 0.339. The van der Waals surface area contributed by atoms with Crippen molar-refractivity contribution in [3.8, 4) is 5.75 Å². The predicted molar refractivity (Wildman–Crippen MR) is 125 cm³/mol. The third-order valence-corrected chi connectivity index (χ3v) is 5.42. The molecular formula is C25H21N3O5. The predicted octanol–water partition coefficient (Wildman–Crippen LogP) is 4.62. The minimum absolute atomic E-state index is 0.105.